The summed E-state index contributed by atoms with van der Waals surface area (Å²) < 4.78 is 13.1. The highest BCUT2D eigenvalue weighted by Crippen LogP contribution is 2.23. The topological polar surface area (TPSA) is 65.0 Å². The van der Waals surface area contributed by atoms with Crippen LogP contribution in [0, 0.1) is 5.82 Å². The third-order valence-corrected chi connectivity index (χ3v) is 3.79. The van der Waals surface area contributed by atoms with Gasteiger partial charge in [0.15, 0.2) is 0 Å². The number of nitrogens with one attached hydrogen (secondary N) is 1. The smallest absolute Gasteiger partial charge is 0.123 e. The molecule has 3 aromatic rings. The average molecular weight is 326 g/mol. The van der Waals surface area contributed by atoms with E-state index in [9.17, 15) is 9.50 Å². The van der Waals surface area contributed by atoms with Crippen molar-refractivity contribution in [3.05, 3.63) is 71.9 Å². The molecule has 0 saturated heterocycles. The molecule has 0 aliphatic carbocycles. The van der Waals surface area contributed by atoms with Gasteiger partial charge in [-0.2, -0.15) is 5.10 Å². The number of aliphatic hydroxyl groups excluding tert-OH is 1. The number of aliphatic hydroxyl groups is 1. The Hall–Kier alpha value is -2.57. The number of halogens is 1. The molecule has 0 unspecified atom stereocenters. The number of aromatic amines is 1. The lowest BCUT2D eigenvalue weighted by Gasteiger charge is -2.21. The van der Waals surface area contributed by atoms with Crippen molar-refractivity contribution in [1.29, 1.82) is 0 Å². The second-order valence-corrected chi connectivity index (χ2v) is 5.57. The van der Waals surface area contributed by atoms with Gasteiger partial charge in [0.1, 0.15) is 5.82 Å². The van der Waals surface area contributed by atoms with Gasteiger partial charge >= 0.3 is 0 Å². The van der Waals surface area contributed by atoms with Gasteiger partial charge in [-0.05, 0) is 35.9 Å². The van der Waals surface area contributed by atoms with Gasteiger partial charge in [0.05, 0.1) is 18.5 Å². The first-order chi connectivity index (χ1) is 11.8. The predicted molar refractivity (Wildman–Crippen MR) is 89.4 cm³/mol. The monoisotopic (exact) mass is 326 g/mol. The molecule has 0 aliphatic heterocycles. The van der Waals surface area contributed by atoms with Crippen molar-refractivity contribution in [2.24, 2.45) is 0 Å². The van der Waals surface area contributed by atoms with Crippen LogP contribution in [0.25, 0.3) is 11.3 Å². The molecular formula is C18H19FN4O. The van der Waals surface area contributed by atoms with Gasteiger partial charge in [-0.1, -0.05) is 6.07 Å². The maximum atomic E-state index is 13.1. The van der Waals surface area contributed by atoms with Gasteiger partial charge in [0.2, 0.25) is 0 Å². The Morgan fingerprint density at radius 1 is 1.08 bits per heavy atom. The number of benzene rings is 1. The van der Waals surface area contributed by atoms with Crippen molar-refractivity contribution in [2.45, 2.75) is 13.1 Å². The van der Waals surface area contributed by atoms with E-state index in [2.05, 4.69) is 20.1 Å². The van der Waals surface area contributed by atoms with Gasteiger partial charge in [-0.25, -0.2) is 4.39 Å². The minimum absolute atomic E-state index is 0.0734. The molecule has 1 aromatic carbocycles. The fourth-order valence-electron chi connectivity index (χ4n) is 2.64. The number of H-pyrrole nitrogens is 1. The summed E-state index contributed by atoms with van der Waals surface area (Å²) >= 11 is 0. The lowest BCUT2D eigenvalue weighted by molar-refractivity contribution is 0.184. The Labute approximate surface area is 139 Å². The zero-order valence-electron chi connectivity index (χ0n) is 13.2. The van der Waals surface area contributed by atoms with Gasteiger partial charge < -0.3 is 5.11 Å². The van der Waals surface area contributed by atoms with E-state index in [0.717, 1.165) is 22.4 Å². The Bertz CT molecular complexity index is 758. The largest absolute Gasteiger partial charge is 0.395 e. The van der Waals surface area contributed by atoms with Crippen molar-refractivity contribution in [1.82, 2.24) is 20.1 Å². The number of pyridine rings is 1. The van der Waals surface area contributed by atoms with Crippen LogP contribution in [0.15, 0.2) is 55.0 Å². The normalized spacial score (nSPS) is 11.1. The van der Waals surface area contributed by atoms with Gasteiger partial charge in [0, 0.05) is 43.2 Å². The molecule has 2 aromatic heterocycles. The fourth-order valence-corrected chi connectivity index (χ4v) is 2.64. The zero-order valence-corrected chi connectivity index (χ0v) is 13.2. The van der Waals surface area contributed by atoms with E-state index in [0.29, 0.717) is 19.6 Å². The summed E-state index contributed by atoms with van der Waals surface area (Å²) in [7, 11) is 0. The molecule has 3 rings (SSSR count). The van der Waals surface area contributed by atoms with Crippen molar-refractivity contribution < 1.29 is 9.50 Å². The van der Waals surface area contributed by atoms with Crippen molar-refractivity contribution in [3.8, 4) is 11.3 Å². The van der Waals surface area contributed by atoms with Crippen LogP contribution >= 0.6 is 0 Å². The molecule has 2 heterocycles. The molecule has 124 valence electrons. The van der Waals surface area contributed by atoms with Crippen LogP contribution in [0.2, 0.25) is 0 Å². The van der Waals surface area contributed by atoms with Crippen LogP contribution in [0.3, 0.4) is 0 Å². The van der Waals surface area contributed by atoms with E-state index < -0.39 is 0 Å². The number of rotatable bonds is 7. The van der Waals surface area contributed by atoms with Crippen LogP contribution in [-0.4, -0.2) is 38.3 Å². The van der Waals surface area contributed by atoms with Crippen molar-refractivity contribution in [3.63, 3.8) is 0 Å². The number of hydrogen-bond acceptors (Lipinski definition) is 4. The maximum Gasteiger partial charge on any atom is 0.123 e. The Balaban J connectivity index is 1.78. The van der Waals surface area contributed by atoms with Crippen LogP contribution in [-0.2, 0) is 13.1 Å². The summed E-state index contributed by atoms with van der Waals surface area (Å²) in [5.74, 6) is -0.265. The van der Waals surface area contributed by atoms with Crippen LogP contribution < -0.4 is 0 Å². The molecule has 0 atom stereocenters. The van der Waals surface area contributed by atoms with Crippen LogP contribution in [0.4, 0.5) is 4.39 Å². The second kappa shape index (κ2) is 7.81. The van der Waals surface area contributed by atoms with E-state index in [1.54, 1.807) is 24.5 Å². The van der Waals surface area contributed by atoms with Crippen molar-refractivity contribution >= 4 is 0 Å². The molecule has 24 heavy (non-hydrogen) atoms. The molecule has 2 N–H and O–H groups in total. The first kappa shape index (κ1) is 16.3. The molecule has 0 spiro atoms. The van der Waals surface area contributed by atoms with Crippen LogP contribution in [0.1, 0.15) is 11.1 Å². The summed E-state index contributed by atoms with van der Waals surface area (Å²) in [6, 6.07) is 10.2. The molecule has 5 nitrogen and oxygen atoms in total. The molecule has 6 heteroatoms. The number of hydrogen-bond donors (Lipinski definition) is 2. The molecule has 0 radical (unpaired) electrons. The summed E-state index contributed by atoms with van der Waals surface area (Å²) in [4.78, 5) is 6.25. The first-order valence-electron chi connectivity index (χ1n) is 7.76. The van der Waals surface area contributed by atoms with E-state index in [1.807, 2.05) is 18.3 Å². The highest BCUT2D eigenvalue weighted by Gasteiger charge is 2.13. The first-order valence-corrected chi connectivity index (χ1v) is 7.76. The van der Waals surface area contributed by atoms with E-state index in [1.165, 1.54) is 12.1 Å². The Morgan fingerprint density at radius 3 is 2.62 bits per heavy atom. The molecule has 0 aliphatic rings. The molecule has 0 fully saturated rings. The third-order valence-electron chi connectivity index (χ3n) is 3.79. The second-order valence-electron chi connectivity index (χ2n) is 5.57. The lowest BCUT2D eigenvalue weighted by Crippen LogP contribution is -2.26. The third kappa shape index (κ3) is 4.04. The number of nitrogens with zero attached hydrogens (tertiary/aromatic N) is 3. The molecule has 0 bridgehead atoms. The summed E-state index contributed by atoms with van der Waals surface area (Å²) in [6.07, 6.45) is 5.33. The SMILES string of the molecule is OCCN(Cc1cccnc1)Cc1cn[nH]c1-c1ccc(F)cc1. The van der Waals surface area contributed by atoms with E-state index >= 15 is 0 Å². The molecule has 0 amide bonds. The van der Waals surface area contributed by atoms with Gasteiger partial charge in [0.25, 0.3) is 0 Å². The average Bonchev–Trinajstić information content (AvgIpc) is 3.05. The Morgan fingerprint density at radius 2 is 1.92 bits per heavy atom. The molecule has 0 saturated carbocycles. The fraction of sp³-hybridized carbons (Fsp3) is 0.222. The zero-order chi connectivity index (χ0) is 16.8. The Kier molecular flexibility index (Phi) is 5.30. The van der Waals surface area contributed by atoms with Gasteiger partial charge in [-0.3, -0.25) is 15.0 Å². The summed E-state index contributed by atoms with van der Waals surface area (Å²) in [5, 5.41) is 16.4. The van der Waals surface area contributed by atoms with Crippen LogP contribution in [0.5, 0.6) is 0 Å². The standard InChI is InChI=1S/C18H19FN4O/c19-17-5-3-15(4-6-17)18-16(11-21-22-18)13-23(8-9-24)12-14-2-1-7-20-10-14/h1-7,10-11,24H,8-9,12-13H2,(H,21,22). The number of aromatic nitrogens is 3. The van der Waals surface area contributed by atoms with Gasteiger partial charge in [-0.15, -0.1) is 0 Å². The molecular weight excluding hydrogens is 307 g/mol. The lowest BCUT2D eigenvalue weighted by atomic mass is 10.1. The van der Waals surface area contributed by atoms with E-state index in [-0.39, 0.29) is 12.4 Å². The summed E-state index contributed by atoms with van der Waals surface area (Å²) in [6.45, 7) is 1.92. The highest BCUT2D eigenvalue weighted by atomic mass is 19.1. The minimum atomic E-state index is -0.265. The van der Waals surface area contributed by atoms with Crippen molar-refractivity contribution in [2.75, 3.05) is 13.2 Å². The maximum absolute atomic E-state index is 13.1. The minimum Gasteiger partial charge on any atom is -0.395 e. The summed E-state index contributed by atoms with van der Waals surface area (Å²) in [5.41, 5.74) is 3.83. The predicted octanol–water partition coefficient (Wildman–Crippen LogP) is 2.61. The van der Waals surface area contributed by atoms with E-state index in [4.69, 9.17) is 0 Å². The quantitative estimate of drug-likeness (QED) is 0.700. The highest BCUT2D eigenvalue weighted by molar-refractivity contribution is 5.62.